The van der Waals surface area contributed by atoms with Gasteiger partial charge in [-0.25, -0.2) is 4.79 Å². The predicted octanol–water partition coefficient (Wildman–Crippen LogP) is 2.69. The molecule has 0 saturated carbocycles. The summed E-state index contributed by atoms with van der Waals surface area (Å²) in [6.45, 7) is 1.25. The summed E-state index contributed by atoms with van der Waals surface area (Å²) in [6, 6.07) is 11.6. The maximum atomic E-state index is 12.3. The maximum absolute atomic E-state index is 12.3. The molecule has 2 aromatic rings. The van der Waals surface area contributed by atoms with E-state index < -0.39 is 23.9 Å². The van der Waals surface area contributed by atoms with E-state index in [1.807, 2.05) is 0 Å². The number of ether oxygens (including phenoxy) is 1. The van der Waals surface area contributed by atoms with Crippen molar-refractivity contribution in [1.29, 1.82) is 0 Å². The molecule has 7 heteroatoms. The van der Waals surface area contributed by atoms with Crippen LogP contribution < -0.4 is 10.1 Å². The minimum Gasteiger partial charge on any atom is -0.480 e. The molecule has 1 amide bonds. The molecular formula is C18H16ClNO5. The van der Waals surface area contributed by atoms with Crippen LogP contribution in [0.25, 0.3) is 0 Å². The van der Waals surface area contributed by atoms with Gasteiger partial charge in [0.1, 0.15) is 11.8 Å². The Balaban J connectivity index is 2.12. The van der Waals surface area contributed by atoms with Gasteiger partial charge in [-0.1, -0.05) is 29.8 Å². The third kappa shape index (κ3) is 5.61. The SMILES string of the molecule is CC(=O)Oc1cccc(C(=O)N[C@@H](Cc2cccc(Cl)c2)C(=O)O)c1. The van der Waals surface area contributed by atoms with E-state index in [1.165, 1.54) is 25.1 Å². The Labute approximate surface area is 149 Å². The molecule has 25 heavy (non-hydrogen) atoms. The van der Waals surface area contributed by atoms with Gasteiger partial charge in [0.05, 0.1) is 0 Å². The highest BCUT2D eigenvalue weighted by molar-refractivity contribution is 6.30. The fraction of sp³-hybridized carbons (Fsp3) is 0.167. The van der Waals surface area contributed by atoms with Gasteiger partial charge in [-0.05, 0) is 35.9 Å². The molecule has 0 unspecified atom stereocenters. The van der Waals surface area contributed by atoms with Crippen molar-refractivity contribution in [2.24, 2.45) is 0 Å². The van der Waals surface area contributed by atoms with E-state index >= 15 is 0 Å². The second-order valence-electron chi connectivity index (χ2n) is 5.32. The van der Waals surface area contributed by atoms with Crippen LogP contribution in [-0.4, -0.2) is 29.0 Å². The lowest BCUT2D eigenvalue weighted by atomic mass is 10.1. The van der Waals surface area contributed by atoms with Crippen LogP contribution in [0, 0.1) is 0 Å². The van der Waals surface area contributed by atoms with Crippen LogP contribution >= 0.6 is 11.6 Å². The zero-order valence-corrected chi connectivity index (χ0v) is 14.1. The molecule has 2 aromatic carbocycles. The number of esters is 1. The first-order valence-electron chi connectivity index (χ1n) is 7.42. The summed E-state index contributed by atoms with van der Waals surface area (Å²) in [5.41, 5.74) is 0.880. The molecule has 1 atom stereocenters. The predicted molar refractivity (Wildman–Crippen MR) is 91.8 cm³/mol. The number of hydrogen-bond acceptors (Lipinski definition) is 4. The average Bonchev–Trinajstić information content (AvgIpc) is 2.53. The molecule has 0 aromatic heterocycles. The molecule has 130 valence electrons. The lowest BCUT2D eigenvalue weighted by Gasteiger charge is -2.15. The Morgan fingerprint density at radius 2 is 1.88 bits per heavy atom. The van der Waals surface area contributed by atoms with Crippen molar-refractivity contribution < 1.29 is 24.2 Å². The van der Waals surface area contributed by atoms with Crippen LogP contribution in [0.3, 0.4) is 0 Å². The molecule has 6 nitrogen and oxygen atoms in total. The summed E-state index contributed by atoms with van der Waals surface area (Å²) < 4.78 is 4.92. The molecule has 2 N–H and O–H groups in total. The standard InChI is InChI=1S/C18H16ClNO5/c1-11(21)25-15-7-3-5-13(10-15)17(22)20-16(18(23)24)9-12-4-2-6-14(19)8-12/h2-8,10,16H,9H2,1H3,(H,20,22)(H,23,24)/t16-/m0/s1. The highest BCUT2D eigenvalue weighted by atomic mass is 35.5. The first-order chi connectivity index (χ1) is 11.8. The van der Waals surface area contributed by atoms with Crippen LogP contribution in [0.15, 0.2) is 48.5 Å². The fourth-order valence-electron chi connectivity index (χ4n) is 2.21. The van der Waals surface area contributed by atoms with E-state index in [0.29, 0.717) is 10.6 Å². The van der Waals surface area contributed by atoms with E-state index in [2.05, 4.69) is 5.32 Å². The van der Waals surface area contributed by atoms with Crippen LogP contribution in [-0.2, 0) is 16.0 Å². The average molecular weight is 362 g/mol. The largest absolute Gasteiger partial charge is 0.480 e. The molecule has 0 aliphatic rings. The third-order valence-electron chi connectivity index (χ3n) is 3.29. The summed E-state index contributed by atoms with van der Waals surface area (Å²) in [5.74, 6) is -2.04. The highest BCUT2D eigenvalue weighted by Gasteiger charge is 2.21. The zero-order chi connectivity index (χ0) is 18.4. The van der Waals surface area contributed by atoms with Gasteiger partial charge in [0.25, 0.3) is 5.91 Å². The van der Waals surface area contributed by atoms with Gasteiger partial charge < -0.3 is 15.2 Å². The summed E-state index contributed by atoms with van der Waals surface area (Å²) in [7, 11) is 0. The second-order valence-corrected chi connectivity index (χ2v) is 5.76. The molecule has 0 saturated heterocycles. The number of carbonyl (C=O) groups excluding carboxylic acids is 2. The molecular weight excluding hydrogens is 346 g/mol. The van der Waals surface area contributed by atoms with Crippen LogP contribution in [0.5, 0.6) is 5.75 Å². The van der Waals surface area contributed by atoms with E-state index in [9.17, 15) is 19.5 Å². The molecule has 0 aliphatic carbocycles. The third-order valence-corrected chi connectivity index (χ3v) is 3.53. The van der Waals surface area contributed by atoms with Crippen molar-refractivity contribution in [1.82, 2.24) is 5.32 Å². The normalized spacial score (nSPS) is 11.4. The van der Waals surface area contributed by atoms with Crippen molar-refractivity contribution in [2.75, 3.05) is 0 Å². The number of rotatable bonds is 6. The van der Waals surface area contributed by atoms with Crippen molar-refractivity contribution in [2.45, 2.75) is 19.4 Å². The Morgan fingerprint density at radius 1 is 1.16 bits per heavy atom. The minimum absolute atomic E-state index is 0.0886. The summed E-state index contributed by atoms with van der Waals surface area (Å²) in [5, 5.41) is 12.3. The van der Waals surface area contributed by atoms with E-state index in [0.717, 1.165) is 0 Å². The smallest absolute Gasteiger partial charge is 0.326 e. The summed E-state index contributed by atoms with van der Waals surface area (Å²) >= 11 is 5.89. The van der Waals surface area contributed by atoms with Crippen molar-refractivity contribution in [3.8, 4) is 5.75 Å². The molecule has 2 rings (SSSR count). The van der Waals surface area contributed by atoms with Gasteiger partial charge in [0, 0.05) is 23.9 Å². The Morgan fingerprint density at radius 3 is 2.52 bits per heavy atom. The van der Waals surface area contributed by atoms with Gasteiger partial charge in [-0.15, -0.1) is 0 Å². The fourth-order valence-corrected chi connectivity index (χ4v) is 2.42. The second kappa shape index (κ2) is 8.30. The van der Waals surface area contributed by atoms with Gasteiger partial charge in [0.15, 0.2) is 0 Å². The molecule has 0 spiro atoms. The zero-order valence-electron chi connectivity index (χ0n) is 13.4. The minimum atomic E-state index is -1.16. The first kappa shape index (κ1) is 18.5. The summed E-state index contributed by atoms with van der Waals surface area (Å²) in [4.78, 5) is 34.7. The number of benzene rings is 2. The monoisotopic (exact) mass is 361 g/mol. The number of halogens is 1. The Bertz CT molecular complexity index is 806. The van der Waals surface area contributed by atoms with Gasteiger partial charge in [-0.2, -0.15) is 0 Å². The van der Waals surface area contributed by atoms with Crippen molar-refractivity contribution >= 4 is 29.4 Å². The number of carboxylic acids is 1. The van der Waals surface area contributed by atoms with Crippen molar-refractivity contribution in [3.63, 3.8) is 0 Å². The molecule has 0 bridgehead atoms. The van der Waals surface area contributed by atoms with Crippen LogP contribution in [0.4, 0.5) is 0 Å². The molecule has 0 aliphatic heterocycles. The number of carboxylic acid groups (broad SMARTS) is 1. The number of carbonyl (C=O) groups is 3. The number of aliphatic carboxylic acids is 1. The Kier molecular flexibility index (Phi) is 6.14. The Hall–Kier alpha value is -2.86. The van der Waals surface area contributed by atoms with Gasteiger partial charge in [0.2, 0.25) is 0 Å². The topological polar surface area (TPSA) is 92.7 Å². The molecule has 0 fully saturated rings. The lowest BCUT2D eigenvalue weighted by molar-refractivity contribution is -0.139. The highest BCUT2D eigenvalue weighted by Crippen LogP contribution is 2.15. The van der Waals surface area contributed by atoms with Crippen molar-refractivity contribution in [3.05, 3.63) is 64.7 Å². The summed E-state index contributed by atoms with van der Waals surface area (Å²) in [6.07, 6.45) is 0.0886. The van der Waals surface area contributed by atoms with E-state index in [1.54, 1.807) is 30.3 Å². The van der Waals surface area contributed by atoms with Gasteiger partial charge in [-0.3, -0.25) is 9.59 Å². The molecule has 0 heterocycles. The van der Waals surface area contributed by atoms with E-state index in [-0.39, 0.29) is 17.7 Å². The lowest BCUT2D eigenvalue weighted by Crippen LogP contribution is -2.42. The molecule has 0 radical (unpaired) electrons. The number of amides is 1. The van der Waals surface area contributed by atoms with Crippen LogP contribution in [0.2, 0.25) is 5.02 Å². The van der Waals surface area contributed by atoms with Gasteiger partial charge >= 0.3 is 11.9 Å². The van der Waals surface area contributed by atoms with Crippen LogP contribution in [0.1, 0.15) is 22.8 Å². The number of nitrogens with one attached hydrogen (secondary N) is 1. The van der Waals surface area contributed by atoms with E-state index in [4.69, 9.17) is 16.3 Å². The quantitative estimate of drug-likeness (QED) is 0.609. The first-order valence-corrected chi connectivity index (χ1v) is 7.79. The number of hydrogen-bond donors (Lipinski definition) is 2. The maximum Gasteiger partial charge on any atom is 0.326 e.